The van der Waals surface area contributed by atoms with Crippen molar-refractivity contribution in [1.82, 2.24) is 0 Å². The number of carbonyl (C=O) groups is 2. The lowest BCUT2D eigenvalue weighted by atomic mass is 10.0. The molecule has 0 saturated heterocycles. The lowest BCUT2D eigenvalue weighted by Gasteiger charge is -2.11. The average Bonchev–Trinajstić information content (AvgIpc) is 2.69. The molecule has 1 amide bonds. The number of ketones is 1. The number of hydrogen-bond donors (Lipinski definition) is 1. The van der Waals surface area contributed by atoms with Crippen LogP contribution in [-0.2, 0) is 0 Å². The van der Waals surface area contributed by atoms with E-state index in [-0.39, 0.29) is 17.0 Å². The number of benzene rings is 3. The molecular formula is C20H13BrN2O4. The molecule has 0 unspecified atom stereocenters. The maximum atomic E-state index is 12.8. The van der Waals surface area contributed by atoms with Crippen LogP contribution in [0, 0.1) is 10.1 Å². The molecule has 27 heavy (non-hydrogen) atoms. The van der Waals surface area contributed by atoms with Gasteiger partial charge in [0.25, 0.3) is 11.6 Å². The highest BCUT2D eigenvalue weighted by atomic mass is 79.9. The smallest absolute Gasteiger partial charge is 0.270 e. The zero-order chi connectivity index (χ0) is 19.4. The van der Waals surface area contributed by atoms with E-state index in [1.165, 1.54) is 24.3 Å². The van der Waals surface area contributed by atoms with Crippen LogP contribution in [0.25, 0.3) is 0 Å². The molecule has 1 N–H and O–H groups in total. The number of amides is 1. The first kappa shape index (κ1) is 18.5. The molecule has 0 atom stereocenters. The van der Waals surface area contributed by atoms with E-state index in [0.717, 1.165) is 0 Å². The van der Waals surface area contributed by atoms with Gasteiger partial charge in [0.05, 0.1) is 10.6 Å². The van der Waals surface area contributed by atoms with Crippen molar-refractivity contribution in [3.05, 3.63) is 104 Å². The van der Waals surface area contributed by atoms with Gasteiger partial charge in [0.2, 0.25) is 0 Å². The van der Waals surface area contributed by atoms with E-state index >= 15 is 0 Å². The van der Waals surface area contributed by atoms with Gasteiger partial charge in [-0.1, -0.05) is 52.3 Å². The number of halogens is 1. The second kappa shape index (κ2) is 7.92. The third-order valence-corrected chi connectivity index (χ3v) is 4.32. The van der Waals surface area contributed by atoms with Crippen LogP contribution in [-0.4, -0.2) is 16.6 Å². The minimum absolute atomic E-state index is 0.130. The number of rotatable bonds is 5. The Bertz CT molecular complexity index is 1040. The number of nitrogens with one attached hydrogen (secondary N) is 1. The first-order valence-corrected chi connectivity index (χ1v) is 8.70. The Morgan fingerprint density at radius 3 is 2.30 bits per heavy atom. The van der Waals surface area contributed by atoms with Gasteiger partial charge in [0, 0.05) is 33.3 Å². The fourth-order valence-corrected chi connectivity index (χ4v) is 2.87. The van der Waals surface area contributed by atoms with Crippen LogP contribution in [0.4, 0.5) is 11.4 Å². The molecule has 3 aromatic carbocycles. The van der Waals surface area contributed by atoms with Crippen molar-refractivity contribution in [2.75, 3.05) is 5.32 Å². The van der Waals surface area contributed by atoms with Gasteiger partial charge in [-0.25, -0.2) is 0 Å². The van der Waals surface area contributed by atoms with Crippen LogP contribution in [0.5, 0.6) is 0 Å². The number of anilines is 1. The maximum Gasteiger partial charge on any atom is 0.270 e. The second-order valence-corrected chi connectivity index (χ2v) is 6.56. The molecule has 0 fully saturated rings. The molecule has 7 heteroatoms. The topological polar surface area (TPSA) is 89.3 Å². The zero-order valence-corrected chi connectivity index (χ0v) is 15.5. The Hall–Kier alpha value is -3.32. The summed E-state index contributed by atoms with van der Waals surface area (Å²) in [7, 11) is 0. The van der Waals surface area contributed by atoms with Crippen LogP contribution in [0.3, 0.4) is 0 Å². The van der Waals surface area contributed by atoms with Gasteiger partial charge >= 0.3 is 0 Å². The average molecular weight is 425 g/mol. The van der Waals surface area contributed by atoms with Gasteiger partial charge in [-0.2, -0.15) is 0 Å². The first-order chi connectivity index (χ1) is 13.0. The molecule has 0 aromatic heterocycles. The van der Waals surface area contributed by atoms with E-state index < -0.39 is 10.8 Å². The Morgan fingerprint density at radius 2 is 1.59 bits per heavy atom. The Labute approximate surface area is 163 Å². The summed E-state index contributed by atoms with van der Waals surface area (Å²) < 4.78 is 0.690. The minimum atomic E-state index is -0.569. The largest absolute Gasteiger partial charge is 0.321 e. The first-order valence-electron chi connectivity index (χ1n) is 7.91. The molecule has 0 aliphatic carbocycles. The van der Waals surface area contributed by atoms with E-state index in [9.17, 15) is 19.7 Å². The normalized spacial score (nSPS) is 10.3. The summed E-state index contributed by atoms with van der Waals surface area (Å²) in [4.78, 5) is 35.7. The third-order valence-electron chi connectivity index (χ3n) is 3.83. The third kappa shape index (κ3) is 4.27. The molecule has 0 aliphatic heterocycles. The summed E-state index contributed by atoms with van der Waals surface area (Å²) >= 11 is 3.33. The molecule has 6 nitrogen and oxygen atoms in total. The summed E-state index contributed by atoms with van der Waals surface area (Å²) in [6.45, 7) is 0. The van der Waals surface area contributed by atoms with E-state index in [4.69, 9.17) is 0 Å². The fraction of sp³-hybridized carbons (Fsp3) is 0. The molecule has 0 bridgehead atoms. The fourth-order valence-electron chi connectivity index (χ4n) is 2.51. The maximum absolute atomic E-state index is 12.8. The summed E-state index contributed by atoms with van der Waals surface area (Å²) in [6, 6.07) is 19.0. The number of nitro benzene ring substituents is 1. The van der Waals surface area contributed by atoms with Crippen LogP contribution in [0.2, 0.25) is 0 Å². The number of non-ortho nitro benzene ring substituents is 1. The van der Waals surface area contributed by atoms with Gasteiger partial charge < -0.3 is 5.32 Å². The Morgan fingerprint density at radius 1 is 0.889 bits per heavy atom. The summed E-state index contributed by atoms with van der Waals surface area (Å²) in [6.07, 6.45) is 0. The standard InChI is InChI=1S/C20H13BrN2O4/c21-15-9-10-18(17(12-15)19(24)13-5-2-1-3-6-13)22-20(25)14-7-4-8-16(11-14)23(26)27/h1-12H,(H,22,25). The molecule has 134 valence electrons. The monoisotopic (exact) mass is 424 g/mol. The summed E-state index contributed by atoms with van der Waals surface area (Å²) in [5.41, 5.74) is 1.07. The van der Waals surface area contributed by atoms with E-state index in [0.29, 0.717) is 21.3 Å². The Kier molecular flexibility index (Phi) is 5.42. The molecule has 0 radical (unpaired) electrons. The van der Waals surface area contributed by atoms with Crippen molar-refractivity contribution in [3.63, 3.8) is 0 Å². The van der Waals surface area contributed by atoms with Crippen molar-refractivity contribution >= 4 is 39.0 Å². The quantitative estimate of drug-likeness (QED) is 0.360. The molecule has 3 rings (SSSR count). The summed E-state index contributed by atoms with van der Waals surface area (Å²) in [5.74, 6) is -0.783. The number of hydrogen-bond acceptors (Lipinski definition) is 4. The number of carbonyl (C=O) groups excluding carboxylic acids is 2. The summed E-state index contributed by atoms with van der Waals surface area (Å²) in [5, 5.41) is 13.6. The highest BCUT2D eigenvalue weighted by Gasteiger charge is 2.17. The van der Waals surface area contributed by atoms with E-state index in [2.05, 4.69) is 21.2 Å². The number of nitrogens with zero attached hydrogens (tertiary/aromatic N) is 1. The van der Waals surface area contributed by atoms with Crippen molar-refractivity contribution in [3.8, 4) is 0 Å². The van der Waals surface area contributed by atoms with Gasteiger partial charge in [-0.15, -0.1) is 0 Å². The van der Waals surface area contributed by atoms with Gasteiger partial charge in [0.15, 0.2) is 5.78 Å². The van der Waals surface area contributed by atoms with Crippen LogP contribution in [0.15, 0.2) is 77.3 Å². The van der Waals surface area contributed by atoms with Crippen LogP contribution in [0.1, 0.15) is 26.3 Å². The highest BCUT2D eigenvalue weighted by molar-refractivity contribution is 9.10. The molecule has 3 aromatic rings. The second-order valence-electron chi connectivity index (χ2n) is 5.65. The van der Waals surface area contributed by atoms with Gasteiger partial charge in [0.1, 0.15) is 0 Å². The van der Waals surface area contributed by atoms with Crippen LogP contribution >= 0.6 is 15.9 Å². The molecular weight excluding hydrogens is 412 g/mol. The molecule has 0 spiro atoms. The SMILES string of the molecule is O=C(Nc1ccc(Br)cc1C(=O)c1ccccc1)c1cccc([N+](=O)[O-])c1. The molecule has 0 heterocycles. The lowest BCUT2D eigenvalue weighted by molar-refractivity contribution is -0.384. The van der Waals surface area contributed by atoms with Gasteiger partial charge in [-0.05, 0) is 24.3 Å². The predicted molar refractivity (Wildman–Crippen MR) is 105 cm³/mol. The predicted octanol–water partition coefficient (Wildman–Crippen LogP) is 4.84. The van der Waals surface area contributed by atoms with Crippen molar-refractivity contribution < 1.29 is 14.5 Å². The molecule has 0 aliphatic rings. The van der Waals surface area contributed by atoms with Crippen molar-refractivity contribution in [1.29, 1.82) is 0 Å². The van der Waals surface area contributed by atoms with Crippen molar-refractivity contribution in [2.24, 2.45) is 0 Å². The number of nitro groups is 1. The van der Waals surface area contributed by atoms with E-state index in [1.54, 1.807) is 42.5 Å². The zero-order valence-electron chi connectivity index (χ0n) is 13.9. The van der Waals surface area contributed by atoms with Gasteiger partial charge in [-0.3, -0.25) is 19.7 Å². The minimum Gasteiger partial charge on any atom is -0.321 e. The molecule has 0 saturated carbocycles. The Balaban J connectivity index is 1.93. The van der Waals surface area contributed by atoms with Crippen LogP contribution < -0.4 is 5.32 Å². The highest BCUT2D eigenvalue weighted by Crippen LogP contribution is 2.25. The van der Waals surface area contributed by atoms with E-state index in [1.807, 2.05) is 6.07 Å². The van der Waals surface area contributed by atoms with Crippen molar-refractivity contribution in [2.45, 2.75) is 0 Å². The lowest BCUT2D eigenvalue weighted by Crippen LogP contribution is -2.15.